The van der Waals surface area contributed by atoms with Gasteiger partial charge in [0.25, 0.3) is 0 Å². The summed E-state index contributed by atoms with van der Waals surface area (Å²) in [4.78, 5) is 13.5. The number of unbranched alkanes of at least 4 members (excludes halogenated alkanes) is 52. The van der Waals surface area contributed by atoms with Crippen molar-refractivity contribution >= 4 is 5.91 Å². The quantitative estimate of drug-likeness (QED) is 0.0199. The Morgan fingerprint density at radius 1 is 0.350 bits per heavy atom. The molecule has 0 aromatic carbocycles. The molecule has 12 N–H and O–H groups in total. The molecule has 0 radical (unpaired) electrons. The third-order valence-electron chi connectivity index (χ3n) is 21.3. The second-order valence-electron chi connectivity index (χ2n) is 30.3. The summed E-state index contributed by atoms with van der Waals surface area (Å²) in [6, 6.07) is -0.970. The Balaban J connectivity index is 1.32. The SMILES string of the molecule is CCCCCCCCCCCCCCCCCCC/C=C/C(O)C(COC1OC(CO)C(OC2OC(CO)C(OC3OC(CO)C(O)C(O)C3O)C(O)C2O)C(O)C1O)NC(=O)CCCCCCCCCCCCCCCCCCCCCCCCCCCCCCCCCCCCCC. The number of hydrogen-bond acceptors (Lipinski definition) is 18. The van der Waals surface area contributed by atoms with Gasteiger partial charge in [0.15, 0.2) is 18.9 Å². The molecule has 19 nitrogen and oxygen atoms in total. The van der Waals surface area contributed by atoms with Crippen LogP contribution in [0, 0.1) is 0 Å². The summed E-state index contributed by atoms with van der Waals surface area (Å²) in [5, 5.41) is 121. The second-order valence-corrected chi connectivity index (χ2v) is 30.3. The molecule has 3 fully saturated rings. The van der Waals surface area contributed by atoms with Gasteiger partial charge in [-0.25, -0.2) is 0 Å². The molecule has 0 aliphatic carbocycles. The Kier molecular flexibility index (Phi) is 58.0. The molecule has 19 heteroatoms. The highest BCUT2D eigenvalue weighted by Crippen LogP contribution is 2.33. The van der Waals surface area contributed by atoms with Crippen LogP contribution in [0.3, 0.4) is 0 Å². The maximum absolute atomic E-state index is 13.5. The maximum atomic E-state index is 13.5. The number of rotatable bonds is 68. The molecular formula is C81H155NO18. The summed E-state index contributed by atoms with van der Waals surface area (Å²) in [5.41, 5.74) is 0. The third-order valence-corrected chi connectivity index (χ3v) is 21.3. The summed E-state index contributed by atoms with van der Waals surface area (Å²) in [7, 11) is 0. The van der Waals surface area contributed by atoms with Crippen molar-refractivity contribution in [3.8, 4) is 0 Å². The van der Waals surface area contributed by atoms with Gasteiger partial charge in [-0.15, -0.1) is 0 Å². The molecular weight excluding hydrogens is 1270 g/mol. The smallest absolute Gasteiger partial charge is 0.220 e. The number of aliphatic hydroxyl groups is 11. The average molecular weight is 1430 g/mol. The molecule has 3 heterocycles. The highest BCUT2D eigenvalue weighted by atomic mass is 16.8. The van der Waals surface area contributed by atoms with E-state index in [1.54, 1.807) is 6.08 Å². The molecule has 1 amide bonds. The number of carbonyl (C=O) groups excluding carboxylic acids is 1. The molecule has 0 bridgehead atoms. The average Bonchev–Trinajstić information content (AvgIpc) is 0.781. The second kappa shape index (κ2) is 62.6. The standard InChI is InChI=1S/C81H155NO18/c1-3-5-7-9-11-13-15-17-19-21-23-24-25-26-27-28-29-30-31-32-33-34-35-36-37-38-39-41-43-45-47-49-51-53-55-57-59-69(87)82-64(65(86)58-56-54-52-50-48-46-44-42-40-22-20-18-16-14-12-10-8-6-4-2)63-95-79-75(93)72(90)77(67(61-84)97-79)100-81-76(94)73(91)78(68(62-85)98-81)99-80-74(92)71(89)70(88)66(60-83)96-80/h56,58,64-68,70-81,83-86,88-94H,3-55,57,59-63H2,1-2H3,(H,82,87)/b58-56+. The fraction of sp³-hybridized carbons (Fsp3) is 0.963. The van der Waals surface area contributed by atoms with Gasteiger partial charge in [-0.3, -0.25) is 4.79 Å². The fourth-order valence-corrected chi connectivity index (χ4v) is 14.6. The van der Waals surface area contributed by atoms with Crippen LogP contribution in [0.15, 0.2) is 12.2 Å². The van der Waals surface area contributed by atoms with E-state index in [4.69, 9.17) is 28.4 Å². The highest BCUT2D eigenvalue weighted by molar-refractivity contribution is 5.76. The van der Waals surface area contributed by atoms with Crippen LogP contribution in [0.25, 0.3) is 0 Å². The summed E-state index contributed by atoms with van der Waals surface area (Å²) >= 11 is 0. The Morgan fingerprint density at radius 3 is 0.940 bits per heavy atom. The van der Waals surface area contributed by atoms with Crippen LogP contribution in [0.4, 0.5) is 0 Å². The number of carbonyl (C=O) groups is 1. The van der Waals surface area contributed by atoms with Crippen molar-refractivity contribution in [2.75, 3.05) is 26.4 Å². The van der Waals surface area contributed by atoms with Crippen molar-refractivity contribution in [1.82, 2.24) is 5.32 Å². The molecule has 17 atom stereocenters. The van der Waals surface area contributed by atoms with E-state index in [2.05, 4.69) is 19.2 Å². The molecule has 3 aliphatic rings. The topological polar surface area (TPSA) is 307 Å². The number of aliphatic hydroxyl groups excluding tert-OH is 11. The van der Waals surface area contributed by atoms with Crippen molar-refractivity contribution in [2.45, 2.75) is 471 Å². The predicted octanol–water partition coefficient (Wildman–Crippen LogP) is 14.3. The molecule has 0 spiro atoms. The van der Waals surface area contributed by atoms with Gasteiger partial charge in [0, 0.05) is 6.42 Å². The van der Waals surface area contributed by atoms with Gasteiger partial charge in [0.2, 0.25) is 5.91 Å². The van der Waals surface area contributed by atoms with Crippen molar-refractivity contribution in [2.24, 2.45) is 0 Å². The van der Waals surface area contributed by atoms with Gasteiger partial charge < -0.3 is 89.9 Å². The van der Waals surface area contributed by atoms with Crippen LogP contribution in [0.2, 0.25) is 0 Å². The van der Waals surface area contributed by atoms with E-state index in [-0.39, 0.29) is 18.9 Å². The van der Waals surface area contributed by atoms with Gasteiger partial charge >= 0.3 is 0 Å². The summed E-state index contributed by atoms with van der Waals surface area (Å²) in [6.45, 7) is 1.80. The van der Waals surface area contributed by atoms with E-state index in [9.17, 15) is 61.0 Å². The molecule has 592 valence electrons. The van der Waals surface area contributed by atoms with Gasteiger partial charge in [-0.2, -0.15) is 0 Å². The Morgan fingerprint density at radius 2 is 0.620 bits per heavy atom. The zero-order chi connectivity index (χ0) is 72.5. The van der Waals surface area contributed by atoms with Gasteiger partial charge in [-0.1, -0.05) is 353 Å². The summed E-state index contributed by atoms with van der Waals surface area (Å²) in [6.07, 6.45) is 48.0. The molecule has 100 heavy (non-hydrogen) atoms. The molecule has 0 saturated carbocycles. The largest absolute Gasteiger partial charge is 0.394 e. The lowest BCUT2D eigenvalue weighted by Gasteiger charge is -2.48. The maximum Gasteiger partial charge on any atom is 0.220 e. The Bertz CT molecular complexity index is 1850. The van der Waals surface area contributed by atoms with Crippen LogP contribution in [-0.4, -0.2) is 193 Å². The van der Waals surface area contributed by atoms with Crippen molar-refractivity contribution in [3.63, 3.8) is 0 Å². The predicted molar refractivity (Wildman–Crippen MR) is 397 cm³/mol. The van der Waals surface area contributed by atoms with Crippen molar-refractivity contribution in [3.05, 3.63) is 12.2 Å². The van der Waals surface area contributed by atoms with Crippen LogP contribution >= 0.6 is 0 Å². The normalized spacial score (nSPS) is 26.4. The summed E-state index contributed by atoms with van der Waals surface area (Å²) < 4.78 is 34.5. The van der Waals surface area contributed by atoms with Gasteiger partial charge in [0.05, 0.1) is 38.6 Å². The van der Waals surface area contributed by atoms with Crippen molar-refractivity contribution in [1.29, 1.82) is 0 Å². The molecule has 17 unspecified atom stereocenters. The zero-order valence-corrected chi connectivity index (χ0v) is 63.5. The van der Waals surface area contributed by atoms with Gasteiger partial charge in [0.1, 0.15) is 73.2 Å². The number of nitrogens with one attached hydrogen (secondary N) is 1. The first-order valence-corrected chi connectivity index (χ1v) is 41.9. The molecule has 3 saturated heterocycles. The molecule has 3 aliphatic heterocycles. The first-order valence-electron chi connectivity index (χ1n) is 41.9. The van der Waals surface area contributed by atoms with Crippen LogP contribution in [-0.2, 0) is 33.2 Å². The third kappa shape index (κ3) is 42.2. The summed E-state index contributed by atoms with van der Waals surface area (Å²) in [5.74, 6) is -0.266. The minimum absolute atomic E-state index is 0.250. The first kappa shape index (κ1) is 92.7. The van der Waals surface area contributed by atoms with E-state index in [0.717, 1.165) is 44.9 Å². The van der Waals surface area contributed by atoms with E-state index in [1.807, 2.05) is 6.08 Å². The van der Waals surface area contributed by atoms with Crippen LogP contribution < -0.4 is 5.32 Å². The van der Waals surface area contributed by atoms with E-state index >= 15 is 0 Å². The van der Waals surface area contributed by atoms with Crippen LogP contribution in [0.5, 0.6) is 0 Å². The number of allylic oxidation sites excluding steroid dienone is 1. The lowest BCUT2D eigenvalue weighted by Crippen LogP contribution is -2.66. The lowest BCUT2D eigenvalue weighted by atomic mass is 9.96. The fourth-order valence-electron chi connectivity index (χ4n) is 14.6. The van der Waals surface area contributed by atoms with Crippen LogP contribution in [0.1, 0.15) is 367 Å². The lowest BCUT2D eigenvalue weighted by molar-refractivity contribution is -0.379. The molecule has 0 aromatic rings. The Labute approximate surface area is 607 Å². The van der Waals surface area contributed by atoms with E-state index in [1.165, 1.54) is 295 Å². The minimum Gasteiger partial charge on any atom is -0.394 e. The van der Waals surface area contributed by atoms with E-state index in [0.29, 0.717) is 6.42 Å². The van der Waals surface area contributed by atoms with Crippen molar-refractivity contribution < 1.29 is 89.4 Å². The monoisotopic (exact) mass is 1430 g/mol. The molecule has 3 rings (SSSR count). The van der Waals surface area contributed by atoms with E-state index < -0.39 is 124 Å². The molecule has 0 aromatic heterocycles. The Hall–Kier alpha value is -1.47. The minimum atomic E-state index is -1.98. The first-order chi connectivity index (χ1) is 48.8. The number of ether oxygens (including phenoxy) is 6. The van der Waals surface area contributed by atoms with Gasteiger partial charge in [-0.05, 0) is 19.3 Å². The number of amides is 1. The number of hydrogen-bond donors (Lipinski definition) is 12. The highest BCUT2D eigenvalue weighted by Gasteiger charge is 2.54. The zero-order valence-electron chi connectivity index (χ0n) is 63.5.